The molecule has 1 N–H and O–H groups in total. The normalized spacial score (nSPS) is 20.4. The Morgan fingerprint density at radius 3 is 3.00 bits per heavy atom. The maximum absolute atomic E-state index is 10.5. The summed E-state index contributed by atoms with van der Waals surface area (Å²) in [4.78, 5) is 13.6. The van der Waals surface area contributed by atoms with Crippen LogP contribution in [0.1, 0.15) is 25.7 Å². The molecule has 1 aliphatic rings. The van der Waals surface area contributed by atoms with Crippen LogP contribution in [0.15, 0.2) is 4.73 Å². The molecule has 0 radical (unpaired) electrons. The number of nitrogens with zero attached hydrogens (tertiary/aromatic N) is 4. The van der Waals surface area contributed by atoms with Gasteiger partial charge in [0.2, 0.25) is 0 Å². The lowest BCUT2D eigenvalue weighted by atomic mass is 10.0. The second-order valence-corrected chi connectivity index (χ2v) is 4.81. The van der Waals surface area contributed by atoms with Crippen LogP contribution in [0.25, 0.3) is 0 Å². The van der Waals surface area contributed by atoms with Crippen LogP contribution in [0.5, 0.6) is 0 Å². The largest absolute Gasteiger partial charge is 0.492 e. The molecule has 0 amide bonds. The molecule has 1 saturated heterocycles. The van der Waals surface area contributed by atoms with Crippen molar-refractivity contribution >= 4 is 21.9 Å². The first-order valence-electron chi connectivity index (χ1n) is 5.65. The van der Waals surface area contributed by atoms with E-state index in [-0.39, 0.29) is 5.95 Å². The van der Waals surface area contributed by atoms with E-state index < -0.39 is 4.92 Å². The first-order chi connectivity index (χ1) is 8.16. The zero-order chi connectivity index (χ0) is 12.3. The van der Waals surface area contributed by atoms with Crippen LogP contribution < -0.4 is 5.32 Å². The monoisotopic (exact) mass is 303 g/mol. The molecule has 0 aromatic carbocycles. The molecule has 1 aromatic heterocycles. The zero-order valence-electron chi connectivity index (χ0n) is 9.30. The Bertz CT molecular complexity index is 402. The maximum Gasteiger partial charge on any atom is 0.492 e. The molecule has 1 unspecified atom stereocenters. The first kappa shape index (κ1) is 12.4. The van der Waals surface area contributed by atoms with Crippen molar-refractivity contribution < 1.29 is 4.92 Å². The summed E-state index contributed by atoms with van der Waals surface area (Å²) in [5.74, 6) is -0.353. The van der Waals surface area contributed by atoms with Gasteiger partial charge in [0.05, 0.1) is 6.54 Å². The summed E-state index contributed by atoms with van der Waals surface area (Å²) in [7, 11) is 0. The summed E-state index contributed by atoms with van der Waals surface area (Å²) in [5, 5.41) is 17.8. The third-order valence-electron chi connectivity index (χ3n) is 2.88. The highest BCUT2D eigenvalue weighted by Crippen LogP contribution is 2.15. The van der Waals surface area contributed by atoms with Crippen molar-refractivity contribution in [2.24, 2.45) is 0 Å². The first-order valence-corrected chi connectivity index (χ1v) is 6.44. The number of nitro groups is 1. The summed E-state index contributed by atoms with van der Waals surface area (Å²) < 4.78 is 1.95. The van der Waals surface area contributed by atoms with Gasteiger partial charge in [-0.1, -0.05) is 6.42 Å². The minimum Gasteiger partial charge on any atom is -0.390 e. The van der Waals surface area contributed by atoms with Crippen molar-refractivity contribution in [1.29, 1.82) is 0 Å². The lowest BCUT2D eigenvalue weighted by Crippen LogP contribution is -2.34. The van der Waals surface area contributed by atoms with E-state index in [0.29, 0.717) is 17.3 Å². The van der Waals surface area contributed by atoms with Gasteiger partial charge in [-0.2, -0.15) is 4.68 Å². The minimum atomic E-state index is -0.583. The van der Waals surface area contributed by atoms with Crippen LogP contribution in [0, 0.1) is 10.1 Å². The van der Waals surface area contributed by atoms with Crippen LogP contribution >= 0.6 is 15.9 Å². The molecule has 0 aliphatic carbocycles. The highest BCUT2D eigenvalue weighted by Gasteiger charge is 2.20. The van der Waals surface area contributed by atoms with Gasteiger partial charge in [-0.15, -0.1) is 0 Å². The second kappa shape index (κ2) is 5.54. The molecular weight excluding hydrogens is 290 g/mol. The average molecular weight is 304 g/mol. The van der Waals surface area contributed by atoms with Gasteiger partial charge >= 0.3 is 5.95 Å². The number of hydrogen-bond donors (Lipinski definition) is 1. The lowest BCUT2D eigenvalue weighted by molar-refractivity contribution is -0.394. The number of piperidine rings is 1. The predicted molar refractivity (Wildman–Crippen MR) is 64.6 cm³/mol. The van der Waals surface area contributed by atoms with Crippen LogP contribution in [0.4, 0.5) is 5.95 Å². The molecule has 2 heterocycles. The molecule has 1 aliphatic heterocycles. The Morgan fingerprint density at radius 2 is 2.41 bits per heavy atom. The second-order valence-electron chi connectivity index (χ2n) is 4.10. The topological polar surface area (TPSA) is 85.9 Å². The molecule has 17 heavy (non-hydrogen) atoms. The summed E-state index contributed by atoms with van der Waals surface area (Å²) >= 11 is 3.17. The Labute approximate surface area is 107 Å². The standard InChI is InChI=1S/C9H14BrN5O2/c10-8-12-9(15(16)17)13-14(8)6-4-7-3-1-2-5-11-7/h7,11H,1-6H2. The van der Waals surface area contributed by atoms with Gasteiger partial charge in [-0.25, -0.2) is 0 Å². The van der Waals surface area contributed by atoms with Gasteiger partial charge in [0.15, 0.2) is 0 Å². The van der Waals surface area contributed by atoms with Gasteiger partial charge < -0.3 is 15.4 Å². The van der Waals surface area contributed by atoms with E-state index in [1.165, 1.54) is 17.5 Å². The van der Waals surface area contributed by atoms with E-state index in [0.717, 1.165) is 19.4 Å². The van der Waals surface area contributed by atoms with Gasteiger partial charge in [0.25, 0.3) is 4.73 Å². The predicted octanol–water partition coefficient (Wildman–Crippen LogP) is 1.48. The van der Waals surface area contributed by atoms with Crippen molar-refractivity contribution in [2.75, 3.05) is 6.54 Å². The molecule has 94 valence electrons. The molecule has 7 nitrogen and oxygen atoms in total. The third kappa shape index (κ3) is 3.22. The number of hydrogen-bond acceptors (Lipinski definition) is 5. The molecule has 1 fully saturated rings. The number of rotatable bonds is 4. The van der Waals surface area contributed by atoms with E-state index >= 15 is 0 Å². The van der Waals surface area contributed by atoms with Crippen LogP contribution in [0.3, 0.4) is 0 Å². The highest BCUT2D eigenvalue weighted by atomic mass is 79.9. The molecule has 2 rings (SSSR count). The van der Waals surface area contributed by atoms with Crippen LogP contribution in [-0.4, -0.2) is 32.3 Å². The number of halogens is 1. The molecule has 1 atom stereocenters. The summed E-state index contributed by atoms with van der Waals surface area (Å²) in [6.45, 7) is 1.70. The molecule has 8 heteroatoms. The number of aromatic nitrogens is 3. The van der Waals surface area contributed by atoms with Gasteiger partial charge in [0, 0.05) is 27.1 Å². The molecule has 0 bridgehead atoms. The molecule has 0 spiro atoms. The minimum absolute atomic E-state index is 0.353. The Hall–Kier alpha value is -1.02. The summed E-state index contributed by atoms with van der Waals surface area (Å²) in [5.41, 5.74) is 0. The number of nitrogens with one attached hydrogen (secondary N) is 1. The van der Waals surface area contributed by atoms with Crippen LogP contribution in [0.2, 0.25) is 0 Å². The fraction of sp³-hybridized carbons (Fsp3) is 0.778. The van der Waals surface area contributed by atoms with Crippen molar-refractivity contribution in [1.82, 2.24) is 20.1 Å². The van der Waals surface area contributed by atoms with E-state index in [1.54, 1.807) is 0 Å². The quantitative estimate of drug-likeness (QED) is 0.672. The van der Waals surface area contributed by atoms with Crippen molar-refractivity contribution in [3.63, 3.8) is 0 Å². The lowest BCUT2D eigenvalue weighted by Gasteiger charge is -2.22. The van der Waals surface area contributed by atoms with E-state index in [9.17, 15) is 10.1 Å². The maximum atomic E-state index is 10.5. The number of aryl methyl sites for hydroxylation is 1. The Kier molecular flexibility index (Phi) is 4.06. The third-order valence-corrected chi connectivity index (χ3v) is 3.47. The SMILES string of the molecule is O=[N+]([O-])c1nc(Br)n(CCC2CCCCN2)n1. The smallest absolute Gasteiger partial charge is 0.390 e. The van der Waals surface area contributed by atoms with Crippen molar-refractivity contribution in [3.8, 4) is 0 Å². The van der Waals surface area contributed by atoms with Gasteiger partial charge in [0.1, 0.15) is 0 Å². The van der Waals surface area contributed by atoms with Gasteiger partial charge in [-0.05, 0) is 35.7 Å². The molecule has 1 aromatic rings. The average Bonchev–Trinajstić information content (AvgIpc) is 2.70. The van der Waals surface area contributed by atoms with Gasteiger partial charge in [-0.3, -0.25) is 0 Å². The van der Waals surface area contributed by atoms with E-state index in [2.05, 4.69) is 31.3 Å². The Morgan fingerprint density at radius 1 is 1.59 bits per heavy atom. The highest BCUT2D eigenvalue weighted by molar-refractivity contribution is 9.10. The van der Waals surface area contributed by atoms with E-state index in [4.69, 9.17) is 0 Å². The molecule has 0 saturated carbocycles. The fourth-order valence-electron chi connectivity index (χ4n) is 1.98. The van der Waals surface area contributed by atoms with Crippen LogP contribution in [-0.2, 0) is 6.54 Å². The Balaban J connectivity index is 1.91. The van der Waals surface area contributed by atoms with E-state index in [1.807, 2.05) is 0 Å². The summed E-state index contributed by atoms with van der Waals surface area (Å²) in [6, 6.07) is 0.485. The van der Waals surface area contributed by atoms with Crippen molar-refractivity contribution in [2.45, 2.75) is 38.3 Å². The fourth-order valence-corrected chi connectivity index (χ4v) is 2.40. The zero-order valence-corrected chi connectivity index (χ0v) is 10.9. The summed E-state index contributed by atoms with van der Waals surface area (Å²) in [6.07, 6.45) is 4.55. The van der Waals surface area contributed by atoms with Crippen molar-refractivity contribution in [3.05, 3.63) is 14.8 Å². The molecular formula is C9H14BrN5O2.